The summed E-state index contributed by atoms with van der Waals surface area (Å²) in [6, 6.07) is 0. The van der Waals surface area contributed by atoms with Gasteiger partial charge in [-0.25, -0.2) is 4.98 Å². The van der Waals surface area contributed by atoms with Gasteiger partial charge in [-0.2, -0.15) is 0 Å². The summed E-state index contributed by atoms with van der Waals surface area (Å²) in [5.41, 5.74) is 0.624. The first-order chi connectivity index (χ1) is 5.63. The van der Waals surface area contributed by atoms with E-state index in [2.05, 4.69) is 25.9 Å². The molecule has 0 radical (unpaired) electrons. The largest absolute Gasteiger partial charge is 0.481 e. The highest BCUT2D eigenvalue weighted by atomic mass is 79.9. The van der Waals surface area contributed by atoms with Gasteiger partial charge in [0.15, 0.2) is 0 Å². The third-order valence-corrected chi connectivity index (χ3v) is 2.10. The second kappa shape index (κ2) is 3.71. The number of carboxylic acids is 1. The summed E-state index contributed by atoms with van der Waals surface area (Å²) in [5.74, 6) is -0.0554. The lowest BCUT2D eigenvalue weighted by atomic mass is 10.3. The number of halogens is 1. The number of carbonyl (C=O) groups is 1. The molecule has 5 heteroatoms. The number of nitrogens with one attached hydrogen (secondary N) is 1. The summed E-state index contributed by atoms with van der Waals surface area (Å²) >= 11 is 3.18. The molecule has 0 aromatic carbocycles. The molecule has 1 aromatic heterocycles. The Labute approximate surface area is 78.1 Å². The molecule has 0 aliphatic heterocycles. The summed E-state index contributed by atoms with van der Waals surface area (Å²) in [6.45, 7) is 1.95. The fourth-order valence-electron chi connectivity index (χ4n) is 0.875. The van der Waals surface area contributed by atoms with Crippen molar-refractivity contribution in [3.63, 3.8) is 0 Å². The minimum absolute atomic E-state index is 0.0203. The highest BCUT2D eigenvalue weighted by molar-refractivity contribution is 9.10. The number of aromatic nitrogens is 2. The zero-order valence-corrected chi connectivity index (χ0v) is 8.18. The van der Waals surface area contributed by atoms with Crippen molar-refractivity contribution in [1.82, 2.24) is 9.97 Å². The molecule has 0 bridgehead atoms. The van der Waals surface area contributed by atoms with Gasteiger partial charge in [-0.3, -0.25) is 4.79 Å². The summed E-state index contributed by atoms with van der Waals surface area (Å²) in [5, 5.41) is 8.50. The number of hydrogen-bond donors (Lipinski definition) is 2. The lowest BCUT2D eigenvalue weighted by Crippen LogP contribution is -2.00. The number of carboxylic acid groups (broad SMARTS) is 1. The van der Waals surface area contributed by atoms with Crippen LogP contribution >= 0.6 is 15.9 Å². The lowest BCUT2D eigenvalue weighted by molar-refractivity contribution is -0.136. The van der Waals surface area contributed by atoms with Crippen LogP contribution in [0.25, 0.3) is 0 Å². The minimum atomic E-state index is -0.859. The van der Waals surface area contributed by atoms with Crippen molar-refractivity contribution in [3.8, 4) is 0 Å². The van der Waals surface area contributed by atoms with Crippen molar-refractivity contribution in [2.24, 2.45) is 0 Å². The molecule has 0 spiro atoms. The highest BCUT2D eigenvalue weighted by Gasteiger charge is 2.09. The molecular formula is C7H9BrN2O2. The quantitative estimate of drug-likeness (QED) is 0.828. The third kappa shape index (κ3) is 2.07. The number of nitrogens with zero attached hydrogens (tertiary/aromatic N) is 1. The summed E-state index contributed by atoms with van der Waals surface area (Å²) < 4.78 is 0.599. The molecule has 1 aromatic rings. The molecule has 0 saturated heterocycles. The zero-order chi connectivity index (χ0) is 9.14. The molecule has 66 valence electrons. The van der Waals surface area contributed by atoms with Gasteiger partial charge in [0.25, 0.3) is 0 Å². The summed E-state index contributed by atoms with van der Waals surface area (Å²) in [6.07, 6.45) is 0.756. The first kappa shape index (κ1) is 9.25. The van der Waals surface area contributed by atoms with E-state index in [1.807, 2.05) is 6.92 Å². The smallest absolute Gasteiger partial charge is 0.309 e. The van der Waals surface area contributed by atoms with Crippen LogP contribution in [0.2, 0.25) is 0 Å². The number of hydrogen-bond acceptors (Lipinski definition) is 2. The monoisotopic (exact) mass is 232 g/mol. The molecule has 0 amide bonds. The maximum absolute atomic E-state index is 10.3. The van der Waals surface area contributed by atoms with Gasteiger partial charge in [-0.15, -0.1) is 0 Å². The van der Waals surface area contributed by atoms with Crippen LogP contribution in [0.1, 0.15) is 18.4 Å². The van der Waals surface area contributed by atoms with Crippen molar-refractivity contribution in [3.05, 3.63) is 16.1 Å². The van der Waals surface area contributed by atoms with Crippen molar-refractivity contribution < 1.29 is 9.90 Å². The topological polar surface area (TPSA) is 66.0 Å². The second-order valence-electron chi connectivity index (χ2n) is 2.38. The predicted octanol–water partition coefficient (Wildman–Crippen LogP) is 1.36. The van der Waals surface area contributed by atoms with Crippen LogP contribution in [0.4, 0.5) is 0 Å². The Kier molecular flexibility index (Phi) is 2.86. The van der Waals surface area contributed by atoms with Gasteiger partial charge in [0.05, 0.1) is 12.1 Å². The Hall–Kier alpha value is -0.840. The number of aromatic amines is 1. The Morgan fingerprint density at radius 2 is 2.42 bits per heavy atom. The van der Waals surface area contributed by atoms with E-state index < -0.39 is 5.97 Å². The van der Waals surface area contributed by atoms with Crippen molar-refractivity contribution in [1.29, 1.82) is 0 Å². The first-order valence-corrected chi connectivity index (χ1v) is 4.37. The van der Waals surface area contributed by atoms with E-state index in [1.165, 1.54) is 0 Å². The fraction of sp³-hybridized carbons (Fsp3) is 0.429. The molecule has 0 aliphatic carbocycles. The van der Waals surface area contributed by atoms with Crippen LogP contribution in [0, 0.1) is 0 Å². The molecule has 0 saturated carbocycles. The summed E-state index contributed by atoms with van der Waals surface area (Å²) in [7, 11) is 0. The van der Waals surface area contributed by atoms with Gasteiger partial charge in [0, 0.05) is 6.42 Å². The average Bonchev–Trinajstić information content (AvgIpc) is 2.31. The molecule has 2 N–H and O–H groups in total. The Bertz CT molecular complexity index is 296. The Balaban J connectivity index is 2.84. The molecule has 12 heavy (non-hydrogen) atoms. The highest BCUT2D eigenvalue weighted by Crippen LogP contribution is 2.14. The number of aliphatic carboxylic acids is 1. The van der Waals surface area contributed by atoms with Crippen LogP contribution < -0.4 is 0 Å². The zero-order valence-electron chi connectivity index (χ0n) is 6.59. The maximum atomic E-state index is 10.3. The Morgan fingerprint density at radius 1 is 1.75 bits per heavy atom. The van der Waals surface area contributed by atoms with E-state index in [-0.39, 0.29) is 6.42 Å². The number of imidazole rings is 1. The average molecular weight is 233 g/mol. The molecule has 0 unspecified atom stereocenters. The van der Waals surface area contributed by atoms with Crippen LogP contribution in [-0.4, -0.2) is 21.0 Å². The molecule has 4 nitrogen and oxygen atoms in total. The molecule has 0 aliphatic rings. The van der Waals surface area contributed by atoms with E-state index in [0.717, 1.165) is 12.2 Å². The third-order valence-electron chi connectivity index (χ3n) is 1.44. The number of aryl methyl sites for hydroxylation is 1. The van der Waals surface area contributed by atoms with Crippen LogP contribution in [0.3, 0.4) is 0 Å². The Morgan fingerprint density at radius 3 is 2.83 bits per heavy atom. The van der Waals surface area contributed by atoms with Gasteiger partial charge in [0.2, 0.25) is 0 Å². The van der Waals surface area contributed by atoms with Crippen LogP contribution in [0.5, 0.6) is 0 Å². The number of rotatable bonds is 3. The molecule has 1 rings (SSSR count). The predicted molar refractivity (Wildman–Crippen MR) is 47.0 cm³/mol. The normalized spacial score (nSPS) is 10.2. The van der Waals surface area contributed by atoms with E-state index in [0.29, 0.717) is 10.3 Å². The molecule has 1 heterocycles. The SMILES string of the molecule is CCc1nc(Br)c(CC(=O)O)[nH]1. The maximum Gasteiger partial charge on any atom is 0.309 e. The molecule has 0 atom stereocenters. The van der Waals surface area contributed by atoms with Crippen LogP contribution in [-0.2, 0) is 17.6 Å². The van der Waals surface area contributed by atoms with Crippen molar-refractivity contribution >= 4 is 21.9 Å². The number of H-pyrrole nitrogens is 1. The second-order valence-corrected chi connectivity index (χ2v) is 3.13. The summed E-state index contributed by atoms with van der Waals surface area (Å²) in [4.78, 5) is 17.4. The molecule has 0 fully saturated rings. The van der Waals surface area contributed by atoms with Gasteiger partial charge in [-0.05, 0) is 15.9 Å². The van der Waals surface area contributed by atoms with Gasteiger partial charge in [-0.1, -0.05) is 6.92 Å². The lowest BCUT2D eigenvalue weighted by Gasteiger charge is -1.90. The van der Waals surface area contributed by atoms with Crippen molar-refractivity contribution in [2.45, 2.75) is 19.8 Å². The van der Waals surface area contributed by atoms with Gasteiger partial charge < -0.3 is 10.1 Å². The van der Waals surface area contributed by atoms with Gasteiger partial charge in [0.1, 0.15) is 10.4 Å². The van der Waals surface area contributed by atoms with Gasteiger partial charge >= 0.3 is 5.97 Å². The minimum Gasteiger partial charge on any atom is -0.481 e. The van der Waals surface area contributed by atoms with Crippen molar-refractivity contribution in [2.75, 3.05) is 0 Å². The van der Waals surface area contributed by atoms with E-state index in [1.54, 1.807) is 0 Å². The van der Waals surface area contributed by atoms with E-state index in [4.69, 9.17) is 5.11 Å². The molecular weight excluding hydrogens is 224 g/mol. The van der Waals surface area contributed by atoms with Crippen LogP contribution in [0.15, 0.2) is 4.60 Å². The van der Waals surface area contributed by atoms with E-state index in [9.17, 15) is 4.79 Å². The standard InChI is InChI=1S/C7H9BrN2O2/c1-2-5-9-4(3-6(11)12)7(8)10-5/h2-3H2,1H3,(H,9,10)(H,11,12). The first-order valence-electron chi connectivity index (χ1n) is 3.58. The van der Waals surface area contributed by atoms with E-state index >= 15 is 0 Å². The fourth-order valence-corrected chi connectivity index (χ4v) is 1.33.